The van der Waals surface area contributed by atoms with Gasteiger partial charge in [0.05, 0.1) is 18.8 Å². The molecular formula is C17H23N3O. The number of benzene rings is 2. The van der Waals surface area contributed by atoms with E-state index >= 15 is 0 Å². The minimum atomic E-state index is 0.00505. The Kier molecular flexibility index (Phi) is 4.51. The van der Waals surface area contributed by atoms with Crippen LogP contribution in [0.15, 0.2) is 42.5 Å². The van der Waals surface area contributed by atoms with Gasteiger partial charge >= 0.3 is 0 Å². The van der Waals surface area contributed by atoms with Crippen LogP contribution < -0.4 is 11.3 Å². The summed E-state index contributed by atoms with van der Waals surface area (Å²) in [6.07, 6.45) is 0.0782. The molecule has 21 heavy (non-hydrogen) atoms. The van der Waals surface area contributed by atoms with Crippen molar-refractivity contribution in [1.29, 1.82) is 0 Å². The summed E-state index contributed by atoms with van der Waals surface area (Å²) in [5.41, 5.74) is 4.18. The number of hydrazine groups is 1. The number of morpholine rings is 1. The number of ether oxygens (including phenoxy) is 1. The second-order valence-corrected chi connectivity index (χ2v) is 5.52. The smallest absolute Gasteiger partial charge is 0.0910 e. The van der Waals surface area contributed by atoms with Gasteiger partial charge in [0.25, 0.3) is 0 Å². The molecule has 0 aliphatic carbocycles. The van der Waals surface area contributed by atoms with Gasteiger partial charge in [0, 0.05) is 13.1 Å². The molecule has 0 radical (unpaired) electrons. The molecule has 1 heterocycles. The third-order valence-corrected chi connectivity index (χ3v) is 4.33. The highest BCUT2D eigenvalue weighted by Gasteiger charge is 2.28. The van der Waals surface area contributed by atoms with Crippen LogP contribution in [0.3, 0.4) is 0 Å². The van der Waals surface area contributed by atoms with E-state index in [1.165, 1.54) is 16.3 Å². The Morgan fingerprint density at radius 1 is 1.29 bits per heavy atom. The van der Waals surface area contributed by atoms with Crippen molar-refractivity contribution in [2.75, 3.05) is 26.2 Å². The lowest BCUT2D eigenvalue weighted by Gasteiger charge is -2.36. The lowest BCUT2D eigenvalue weighted by Crippen LogP contribution is -2.49. The van der Waals surface area contributed by atoms with Crippen molar-refractivity contribution in [3.05, 3.63) is 48.0 Å². The summed E-state index contributed by atoms with van der Waals surface area (Å²) < 4.78 is 5.98. The van der Waals surface area contributed by atoms with E-state index < -0.39 is 0 Å². The molecule has 2 atom stereocenters. The number of nitrogens with one attached hydrogen (secondary N) is 1. The fourth-order valence-electron chi connectivity index (χ4n) is 3.14. The van der Waals surface area contributed by atoms with Crippen LogP contribution in [0.1, 0.15) is 18.5 Å². The normalized spacial score (nSPS) is 21.5. The minimum Gasteiger partial charge on any atom is -0.374 e. The monoisotopic (exact) mass is 285 g/mol. The van der Waals surface area contributed by atoms with E-state index in [0.29, 0.717) is 0 Å². The molecule has 0 amide bonds. The molecule has 112 valence electrons. The highest BCUT2D eigenvalue weighted by atomic mass is 16.5. The minimum absolute atomic E-state index is 0.00505. The van der Waals surface area contributed by atoms with Gasteiger partial charge in [0.15, 0.2) is 0 Å². The van der Waals surface area contributed by atoms with Crippen molar-refractivity contribution in [2.45, 2.75) is 19.1 Å². The molecule has 0 saturated carbocycles. The van der Waals surface area contributed by atoms with Crippen molar-refractivity contribution >= 4 is 10.8 Å². The van der Waals surface area contributed by atoms with Crippen LogP contribution in [0.2, 0.25) is 0 Å². The Labute approximate surface area is 125 Å². The molecule has 3 N–H and O–H groups in total. The largest absolute Gasteiger partial charge is 0.374 e. The van der Waals surface area contributed by atoms with Crippen LogP contribution in [-0.4, -0.2) is 37.2 Å². The van der Waals surface area contributed by atoms with Gasteiger partial charge in [-0.15, -0.1) is 0 Å². The van der Waals surface area contributed by atoms with Gasteiger partial charge in [0.2, 0.25) is 0 Å². The van der Waals surface area contributed by atoms with Crippen LogP contribution in [0, 0.1) is 0 Å². The fourth-order valence-corrected chi connectivity index (χ4v) is 3.14. The fraction of sp³-hybridized carbons (Fsp3) is 0.412. The van der Waals surface area contributed by atoms with E-state index in [9.17, 15) is 0 Å². The van der Waals surface area contributed by atoms with Crippen LogP contribution in [0.25, 0.3) is 10.8 Å². The standard InChI is InChI=1S/C17H23N3O/c1-2-20-10-11-21-16(12-20)17(19-18)15-9-5-7-13-6-3-4-8-14(13)15/h3-9,16-17,19H,2,10-12,18H2,1H3. The lowest BCUT2D eigenvalue weighted by atomic mass is 9.95. The zero-order chi connectivity index (χ0) is 14.7. The lowest BCUT2D eigenvalue weighted by molar-refractivity contribution is -0.0454. The first-order valence-electron chi connectivity index (χ1n) is 7.61. The molecule has 1 fully saturated rings. The summed E-state index contributed by atoms with van der Waals surface area (Å²) >= 11 is 0. The van der Waals surface area contributed by atoms with Gasteiger partial charge in [-0.25, -0.2) is 0 Å². The van der Waals surface area contributed by atoms with Crippen molar-refractivity contribution in [3.63, 3.8) is 0 Å². The third-order valence-electron chi connectivity index (χ3n) is 4.33. The van der Waals surface area contributed by atoms with Crippen molar-refractivity contribution in [3.8, 4) is 0 Å². The molecule has 2 aromatic rings. The maximum atomic E-state index is 5.98. The zero-order valence-corrected chi connectivity index (χ0v) is 12.5. The van der Waals surface area contributed by atoms with Crippen LogP contribution in [0.5, 0.6) is 0 Å². The summed E-state index contributed by atoms with van der Waals surface area (Å²) in [5, 5.41) is 2.47. The molecule has 1 aliphatic rings. The number of fused-ring (bicyclic) bond motifs is 1. The van der Waals surface area contributed by atoms with E-state index in [1.54, 1.807) is 0 Å². The average molecular weight is 285 g/mol. The van der Waals surface area contributed by atoms with E-state index in [2.05, 4.69) is 59.7 Å². The predicted octanol–water partition coefficient (Wildman–Crippen LogP) is 2.06. The molecular weight excluding hydrogens is 262 g/mol. The summed E-state index contributed by atoms with van der Waals surface area (Å²) in [6.45, 7) is 5.91. The maximum Gasteiger partial charge on any atom is 0.0910 e. The molecule has 0 aromatic heterocycles. The quantitative estimate of drug-likeness (QED) is 0.667. The number of hydrogen-bond acceptors (Lipinski definition) is 4. The van der Waals surface area contributed by atoms with Gasteiger partial charge in [-0.05, 0) is 22.9 Å². The van der Waals surface area contributed by atoms with Crippen molar-refractivity contribution < 1.29 is 4.74 Å². The van der Waals surface area contributed by atoms with Crippen molar-refractivity contribution in [1.82, 2.24) is 10.3 Å². The predicted molar refractivity (Wildman–Crippen MR) is 85.9 cm³/mol. The Balaban J connectivity index is 1.94. The van der Waals surface area contributed by atoms with E-state index in [0.717, 1.165) is 26.2 Å². The first-order chi connectivity index (χ1) is 10.3. The Morgan fingerprint density at radius 3 is 2.90 bits per heavy atom. The second kappa shape index (κ2) is 6.54. The first-order valence-corrected chi connectivity index (χ1v) is 7.61. The molecule has 4 heteroatoms. The average Bonchev–Trinajstić information content (AvgIpc) is 2.56. The SMILES string of the molecule is CCN1CCOC(C(NN)c2cccc3ccccc23)C1. The summed E-state index contributed by atoms with van der Waals surface area (Å²) in [7, 11) is 0. The molecule has 2 aromatic carbocycles. The number of nitrogens with two attached hydrogens (primary N) is 1. The number of hydrogen-bond donors (Lipinski definition) is 2. The van der Waals surface area contributed by atoms with Crippen LogP contribution in [-0.2, 0) is 4.74 Å². The molecule has 0 bridgehead atoms. The number of rotatable bonds is 4. The number of likely N-dealkylation sites (N-methyl/N-ethyl adjacent to an activating group) is 1. The Bertz CT molecular complexity index is 596. The Morgan fingerprint density at radius 2 is 2.10 bits per heavy atom. The maximum absolute atomic E-state index is 5.98. The summed E-state index contributed by atoms with van der Waals surface area (Å²) in [6, 6.07) is 14.8. The van der Waals surface area contributed by atoms with Crippen molar-refractivity contribution in [2.24, 2.45) is 5.84 Å². The van der Waals surface area contributed by atoms with Gasteiger partial charge in [-0.1, -0.05) is 49.4 Å². The molecule has 2 unspecified atom stereocenters. The third kappa shape index (κ3) is 2.94. The summed E-state index contributed by atoms with van der Waals surface area (Å²) in [5.74, 6) is 5.87. The molecule has 1 aliphatic heterocycles. The second-order valence-electron chi connectivity index (χ2n) is 5.52. The summed E-state index contributed by atoms with van der Waals surface area (Å²) in [4.78, 5) is 2.41. The van der Waals surface area contributed by atoms with Gasteiger partial charge < -0.3 is 4.74 Å². The molecule has 1 saturated heterocycles. The topological polar surface area (TPSA) is 50.5 Å². The van der Waals surface area contributed by atoms with E-state index in [4.69, 9.17) is 10.6 Å². The molecule has 3 rings (SSSR count). The van der Waals surface area contributed by atoms with E-state index in [1.807, 2.05) is 0 Å². The zero-order valence-electron chi connectivity index (χ0n) is 12.5. The highest BCUT2D eigenvalue weighted by molar-refractivity contribution is 5.86. The number of nitrogens with zero attached hydrogens (tertiary/aromatic N) is 1. The van der Waals surface area contributed by atoms with Gasteiger partial charge in [-0.2, -0.15) is 0 Å². The molecule has 0 spiro atoms. The molecule has 4 nitrogen and oxygen atoms in total. The van der Waals surface area contributed by atoms with Gasteiger partial charge in [0.1, 0.15) is 0 Å². The van der Waals surface area contributed by atoms with Crippen LogP contribution >= 0.6 is 0 Å². The van der Waals surface area contributed by atoms with Crippen LogP contribution in [0.4, 0.5) is 0 Å². The van der Waals surface area contributed by atoms with Gasteiger partial charge in [-0.3, -0.25) is 16.2 Å². The Hall–Kier alpha value is -1.46. The van der Waals surface area contributed by atoms with E-state index in [-0.39, 0.29) is 12.1 Å². The first kappa shape index (κ1) is 14.5. The highest BCUT2D eigenvalue weighted by Crippen LogP contribution is 2.28.